The highest BCUT2D eigenvalue weighted by molar-refractivity contribution is 5.86. The fourth-order valence-electron chi connectivity index (χ4n) is 2.48. The van der Waals surface area contributed by atoms with Gasteiger partial charge in [0.25, 0.3) is 0 Å². The average molecular weight is 256 g/mol. The van der Waals surface area contributed by atoms with Crippen LogP contribution in [-0.4, -0.2) is 41.0 Å². The first-order valence-corrected chi connectivity index (χ1v) is 6.48. The average Bonchev–Trinajstić information content (AvgIpc) is 2.26. The van der Waals surface area contributed by atoms with E-state index in [1.165, 1.54) is 0 Å². The molecule has 0 spiro atoms. The first kappa shape index (κ1) is 15.0. The zero-order valence-electron chi connectivity index (χ0n) is 11.5. The van der Waals surface area contributed by atoms with Crippen LogP contribution in [0.15, 0.2) is 0 Å². The monoisotopic (exact) mass is 256 g/mol. The van der Waals surface area contributed by atoms with Crippen LogP contribution in [0, 0.1) is 11.3 Å². The second-order valence-electron chi connectivity index (χ2n) is 6.17. The van der Waals surface area contributed by atoms with Crippen molar-refractivity contribution in [2.75, 3.05) is 13.1 Å². The Bertz CT molecular complexity index is 315. The number of carboxylic acid groups (broad SMARTS) is 1. The molecular formula is C13H24N2O3. The first-order valence-electron chi connectivity index (χ1n) is 6.48. The van der Waals surface area contributed by atoms with Gasteiger partial charge < -0.3 is 15.7 Å². The quantitative estimate of drug-likeness (QED) is 0.791. The van der Waals surface area contributed by atoms with Gasteiger partial charge in [-0.3, -0.25) is 9.59 Å². The Morgan fingerprint density at radius 3 is 2.22 bits per heavy atom. The van der Waals surface area contributed by atoms with Gasteiger partial charge in [-0.25, -0.2) is 0 Å². The molecule has 1 fully saturated rings. The van der Waals surface area contributed by atoms with Crippen LogP contribution in [0.2, 0.25) is 0 Å². The van der Waals surface area contributed by atoms with Crippen molar-refractivity contribution < 1.29 is 14.7 Å². The first-order chi connectivity index (χ1) is 8.21. The Hall–Kier alpha value is -1.10. The Balaban J connectivity index is 2.48. The molecule has 0 aromatic rings. The van der Waals surface area contributed by atoms with Crippen LogP contribution in [0.5, 0.6) is 0 Å². The van der Waals surface area contributed by atoms with Gasteiger partial charge in [0.05, 0.1) is 12.5 Å². The van der Waals surface area contributed by atoms with Crippen LogP contribution in [0.1, 0.15) is 40.0 Å². The molecule has 18 heavy (non-hydrogen) atoms. The predicted octanol–water partition coefficient (Wildman–Crippen LogP) is 1.07. The fraction of sp³-hybridized carbons (Fsp3) is 0.846. The number of likely N-dealkylation sites (tertiary alicyclic amines) is 1. The van der Waals surface area contributed by atoms with E-state index < -0.39 is 12.0 Å². The lowest BCUT2D eigenvalue weighted by atomic mass is 9.75. The second kappa shape index (κ2) is 5.69. The van der Waals surface area contributed by atoms with Gasteiger partial charge in [0.15, 0.2) is 0 Å². The molecular weight excluding hydrogens is 232 g/mol. The van der Waals surface area contributed by atoms with Gasteiger partial charge >= 0.3 is 5.97 Å². The number of carbonyl (C=O) groups excluding carboxylic acids is 1. The van der Waals surface area contributed by atoms with Gasteiger partial charge in [-0.05, 0) is 24.2 Å². The number of carboxylic acids is 1. The molecule has 3 N–H and O–H groups in total. The van der Waals surface area contributed by atoms with Gasteiger partial charge in [0.2, 0.25) is 5.91 Å². The fourth-order valence-corrected chi connectivity index (χ4v) is 2.48. The highest BCUT2D eigenvalue weighted by Gasteiger charge is 2.32. The van der Waals surface area contributed by atoms with Crippen molar-refractivity contribution in [3.63, 3.8) is 0 Å². The predicted molar refractivity (Wildman–Crippen MR) is 69.0 cm³/mol. The van der Waals surface area contributed by atoms with Gasteiger partial charge in [-0.2, -0.15) is 0 Å². The normalized spacial score (nSPS) is 19.7. The van der Waals surface area contributed by atoms with Crippen LogP contribution >= 0.6 is 0 Å². The van der Waals surface area contributed by atoms with Crippen molar-refractivity contribution in [2.24, 2.45) is 17.1 Å². The summed E-state index contributed by atoms with van der Waals surface area (Å²) in [7, 11) is 0. The van der Waals surface area contributed by atoms with Crippen LogP contribution in [0.4, 0.5) is 0 Å². The number of hydrogen-bond donors (Lipinski definition) is 2. The van der Waals surface area contributed by atoms with Crippen molar-refractivity contribution in [3.8, 4) is 0 Å². The molecule has 0 aliphatic carbocycles. The molecule has 0 aromatic heterocycles. The number of amides is 1. The minimum absolute atomic E-state index is 0.232. The third-order valence-corrected chi connectivity index (χ3v) is 3.74. The molecule has 1 saturated heterocycles. The summed E-state index contributed by atoms with van der Waals surface area (Å²) in [6.45, 7) is 8.02. The topological polar surface area (TPSA) is 83.6 Å². The summed E-state index contributed by atoms with van der Waals surface area (Å²) in [5.74, 6) is -0.651. The molecule has 1 aliphatic heterocycles. The summed E-state index contributed by atoms with van der Waals surface area (Å²) < 4.78 is 0. The van der Waals surface area contributed by atoms with Gasteiger partial charge in [-0.15, -0.1) is 0 Å². The lowest BCUT2D eigenvalue weighted by Gasteiger charge is -2.39. The molecule has 1 aliphatic rings. The largest absolute Gasteiger partial charge is 0.481 e. The van der Waals surface area contributed by atoms with E-state index >= 15 is 0 Å². The molecule has 5 heteroatoms. The maximum atomic E-state index is 11.9. The van der Waals surface area contributed by atoms with Gasteiger partial charge in [0.1, 0.15) is 0 Å². The summed E-state index contributed by atoms with van der Waals surface area (Å²) in [5.41, 5.74) is 5.86. The highest BCUT2D eigenvalue weighted by Crippen LogP contribution is 2.34. The maximum Gasteiger partial charge on any atom is 0.305 e. The van der Waals surface area contributed by atoms with Crippen molar-refractivity contribution in [1.82, 2.24) is 4.90 Å². The number of nitrogens with two attached hydrogens (primary N) is 1. The summed E-state index contributed by atoms with van der Waals surface area (Å²) in [6.07, 6.45) is 1.64. The smallest absolute Gasteiger partial charge is 0.305 e. The van der Waals surface area contributed by atoms with E-state index in [0.717, 1.165) is 12.8 Å². The Labute approximate surface area is 108 Å². The van der Waals surface area contributed by atoms with Crippen molar-refractivity contribution in [1.29, 1.82) is 0 Å². The summed E-state index contributed by atoms with van der Waals surface area (Å²) in [4.78, 5) is 24.2. The Morgan fingerprint density at radius 1 is 1.33 bits per heavy atom. The van der Waals surface area contributed by atoms with E-state index in [9.17, 15) is 9.59 Å². The summed E-state index contributed by atoms with van der Waals surface area (Å²) >= 11 is 0. The summed E-state index contributed by atoms with van der Waals surface area (Å²) in [6, 6.07) is -0.909. The molecule has 0 radical (unpaired) electrons. The summed E-state index contributed by atoms with van der Waals surface area (Å²) in [5, 5.41) is 8.63. The second-order valence-corrected chi connectivity index (χ2v) is 6.17. The molecule has 1 heterocycles. The van der Waals surface area contributed by atoms with Crippen LogP contribution in [0.3, 0.4) is 0 Å². The molecule has 0 bridgehead atoms. The number of piperidine rings is 1. The van der Waals surface area contributed by atoms with Crippen LogP contribution in [-0.2, 0) is 9.59 Å². The van der Waals surface area contributed by atoms with Crippen molar-refractivity contribution >= 4 is 11.9 Å². The standard InChI is InChI=1S/C13H24N2O3/c1-13(2,3)9-4-6-15(7-5-9)12(18)10(14)8-11(16)17/h9-10H,4-8,14H2,1-3H3,(H,16,17)/t10-/m0/s1. The third-order valence-electron chi connectivity index (χ3n) is 3.74. The van der Waals surface area contributed by atoms with E-state index in [-0.39, 0.29) is 17.7 Å². The van der Waals surface area contributed by atoms with E-state index in [1.807, 2.05) is 0 Å². The minimum Gasteiger partial charge on any atom is -0.481 e. The molecule has 0 aromatic carbocycles. The van der Waals surface area contributed by atoms with E-state index in [4.69, 9.17) is 10.8 Å². The SMILES string of the molecule is CC(C)(C)C1CCN(C(=O)[C@@H](N)CC(=O)O)CC1. The van der Waals surface area contributed by atoms with E-state index in [0.29, 0.717) is 19.0 Å². The number of aliphatic carboxylic acids is 1. The van der Waals surface area contributed by atoms with Gasteiger partial charge in [0, 0.05) is 13.1 Å². The molecule has 1 atom stereocenters. The molecule has 0 saturated carbocycles. The zero-order chi connectivity index (χ0) is 13.9. The Kier molecular flexibility index (Phi) is 4.73. The van der Waals surface area contributed by atoms with Crippen molar-refractivity contribution in [2.45, 2.75) is 46.1 Å². The van der Waals surface area contributed by atoms with E-state index in [2.05, 4.69) is 20.8 Å². The van der Waals surface area contributed by atoms with Crippen molar-refractivity contribution in [3.05, 3.63) is 0 Å². The highest BCUT2D eigenvalue weighted by atomic mass is 16.4. The Morgan fingerprint density at radius 2 is 1.83 bits per heavy atom. The number of carbonyl (C=O) groups is 2. The van der Waals surface area contributed by atoms with Crippen LogP contribution < -0.4 is 5.73 Å². The minimum atomic E-state index is -1.03. The van der Waals surface area contributed by atoms with Gasteiger partial charge in [-0.1, -0.05) is 20.8 Å². The lowest BCUT2D eigenvalue weighted by molar-refractivity contribution is -0.142. The molecule has 1 rings (SSSR count). The number of rotatable bonds is 3. The van der Waals surface area contributed by atoms with E-state index in [1.54, 1.807) is 4.90 Å². The lowest BCUT2D eigenvalue weighted by Crippen LogP contribution is -2.49. The molecule has 0 unspecified atom stereocenters. The zero-order valence-corrected chi connectivity index (χ0v) is 11.5. The number of hydrogen-bond acceptors (Lipinski definition) is 3. The number of nitrogens with zero attached hydrogens (tertiary/aromatic N) is 1. The van der Waals surface area contributed by atoms with Crippen LogP contribution in [0.25, 0.3) is 0 Å². The maximum absolute atomic E-state index is 11.9. The molecule has 5 nitrogen and oxygen atoms in total. The third kappa shape index (κ3) is 3.98. The molecule has 104 valence electrons. The molecule has 1 amide bonds.